The number of rotatable bonds is 3. The van der Waals surface area contributed by atoms with Crippen molar-refractivity contribution in [1.29, 1.82) is 0 Å². The van der Waals surface area contributed by atoms with E-state index in [-0.39, 0.29) is 11.8 Å². The molecule has 0 radical (unpaired) electrons. The lowest BCUT2D eigenvalue weighted by atomic mass is 9.99. The SMILES string of the molecule is COc1ccc(-c2nc(-c3ccc4c(c3)[C@@H](C)C(=O)N4)cs2)cc1. The van der Waals surface area contributed by atoms with Crippen LogP contribution < -0.4 is 10.1 Å². The molecule has 2 heterocycles. The monoisotopic (exact) mass is 336 g/mol. The Bertz CT molecular complexity index is 915. The van der Waals surface area contributed by atoms with Gasteiger partial charge in [0.25, 0.3) is 0 Å². The van der Waals surface area contributed by atoms with Crippen LogP contribution in [0.3, 0.4) is 0 Å². The summed E-state index contributed by atoms with van der Waals surface area (Å²) >= 11 is 1.61. The number of anilines is 1. The van der Waals surface area contributed by atoms with Gasteiger partial charge in [0, 0.05) is 22.2 Å². The number of hydrogen-bond acceptors (Lipinski definition) is 4. The van der Waals surface area contributed by atoms with Gasteiger partial charge in [-0.3, -0.25) is 4.79 Å². The number of benzene rings is 2. The highest BCUT2D eigenvalue weighted by molar-refractivity contribution is 7.13. The minimum Gasteiger partial charge on any atom is -0.497 e. The van der Waals surface area contributed by atoms with Crippen LogP contribution in [0.1, 0.15) is 18.4 Å². The second kappa shape index (κ2) is 5.76. The lowest BCUT2D eigenvalue weighted by molar-refractivity contribution is -0.116. The van der Waals surface area contributed by atoms with E-state index in [1.165, 1.54) is 0 Å². The fraction of sp³-hybridized carbons (Fsp3) is 0.158. The van der Waals surface area contributed by atoms with E-state index < -0.39 is 0 Å². The van der Waals surface area contributed by atoms with E-state index in [0.29, 0.717) is 0 Å². The van der Waals surface area contributed by atoms with Crippen LogP contribution in [-0.2, 0) is 4.79 Å². The molecule has 120 valence electrons. The van der Waals surface area contributed by atoms with Gasteiger partial charge in [0.1, 0.15) is 10.8 Å². The summed E-state index contributed by atoms with van der Waals surface area (Å²) in [4.78, 5) is 16.5. The first-order valence-electron chi connectivity index (χ1n) is 7.71. The van der Waals surface area contributed by atoms with Crippen molar-refractivity contribution in [1.82, 2.24) is 4.98 Å². The maximum atomic E-state index is 11.8. The van der Waals surface area contributed by atoms with E-state index in [2.05, 4.69) is 16.8 Å². The Morgan fingerprint density at radius 3 is 2.62 bits per heavy atom. The van der Waals surface area contributed by atoms with E-state index in [9.17, 15) is 4.79 Å². The van der Waals surface area contributed by atoms with Gasteiger partial charge in [0.15, 0.2) is 0 Å². The van der Waals surface area contributed by atoms with Crippen molar-refractivity contribution in [2.45, 2.75) is 12.8 Å². The van der Waals surface area contributed by atoms with Crippen LogP contribution in [0.2, 0.25) is 0 Å². The molecule has 3 aromatic rings. The molecule has 1 amide bonds. The molecule has 0 unspecified atom stereocenters. The molecule has 0 fully saturated rings. The molecule has 4 nitrogen and oxygen atoms in total. The molecule has 0 aliphatic carbocycles. The number of hydrogen-bond donors (Lipinski definition) is 1. The Kier molecular flexibility index (Phi) is 3.58. The average molecular weight is 336 g/mol. The number of aromatic nitrogens is 1. The number of ether oxygens (including phenoxy) is 1. The topological polar surface area (TPSA) is 51.2 Å². The second-order valence-electron chi connectivity index (χ2n) is 5.78. The Hall–Kier alpha value is -2.66. The van der Waals surface area contributed by atoms with Crippen molar-refractivity contribution in [2.75, 3.05) is 12.4 Å². The van der Waals surface area contributed by atoms with Crippen LogP contribution >= 0.6 is 11.3 Å². The third-order valence-electron chi connectivity index (χ3n) is 4.31. The molecule has 1 aliphatic rings. The Morgan fingerprint density at radius 1 is 1.12 bits per heavy atom. The van der Waals surface area contributed by atoms with Gasteiger partial charge in [-0.1, -0.05) is 6.07 Å². The minimum atomic E-state index is -0.111. The molecule has 0 spiro atoms. The zero-order valence-corrected chi connectivity index (χ0v) is 14.2. The van der Waals surface area contributed by atoms with Crippen LogP contribution in [0.25, 0.3) is 21.8 Å². The largest absolute Gasteiger partial charge is 0.497 e. The molecule has 1 atom stereocenters. The fourth-order valence-corrected chi connectivity index (χ4v) is 3.68. The summed E-state index contributed by atoms with van der Waals surface area (Å²) in [6.45, 7) is 1.93. The van der Waals surface area contributed by atoms with Gasteiger partial charge < -0.3 is 10.1 Å². The number of methoxy groups -OCH3 is 1. The first-order chi connectivity index (χ1) is 11.7. The summed E-state index contributed by atoms with van der Waals surface area (Å²) in [5.41, 5.74) is 4.98. The molecule has 2 aromatic carbocycles. The number of carbonyl (C=O) groups is 1. The Morgan fingerprint density at radius 2 is 1.88 bits per heavy atom. The highest BCUT2D eigenvalue weighted by Gasteiger charge is 2.26. The van der Waals surface area contributed by atoms with E-state index >= 15 is 0 Å². The molecule has 0 saturated heterocycles. The number of nitrogens with one attached hydrogen (secondary N) is 1. The lowest BCUT2D eigenvalue weighted by Gasteiger charge is -2.04. The summed E-state index contributed by atoms with van der Waals surface area (Å²) < 4.78 is 5.19. The second-order valence-corrected chi connectivity index (χ2v) is 6.64. The average Bonchev–Trinajstić information content (AvgIpc) is 3.21. The van der Waals surface area contributed by atoms with Crippen LogP contribution in [0.5, 0.6) is 5.75 Å². The van der Waals surface area contributed by atoms with Gasteiger partial charge in [0.05, 0.1) is 18.7 Å². The summed E-state index contributed by atoms with van der Waals surface area (Å²) in [5.74, 6) is 0.777. The van der Waals surface area contributed by atoms with Gasteiger partial charge in [-0.2, -0.15) is 0 Å². The molecule has 1 aromatic heterocycles. The molecule has 1 N–H and O–H groups in total. The Balaban J connectivity index is 1.67. The maximum absolute atomic E-state index is 11.8. The predicted molar refractivity (Wildman–Crippen MR) is 96.6 cm³/mol. The summed E-state index contributed by atoms with van der Waals surface area (Å²) in [7, 11) is 1.66. The van der Waals surface area contributed by atoms with Crippen LogP contribution in [-0.4, -0.2) is 18.0 Å². The van der Waals surface area contributed by atoms with Crippen LogP contribution in [0, 0.1) is 0 Å². The van der Waals surface area contributed by atoms with Gasteiger partial charge in [-0.25, -0.2) is 4.98 Å². The fourth-order valence-electron chi connectivity index (χ4n) is 2.85. The highest BCUT2D eigenvalue weighted by atomic mass is 32.1. The molecule has 24 heavy (non-hydrogen) atoms. The molecule has 5 heteroatoms. The Labute approximate surface area is 144 Å². The number of fused-ring (bicyclic) bond motifs is 1. The van der Waals surface area contributed by atoms with E-state index in [1.807, 2.05) is 43.3 Å². The quantitative estimate of drug-likeness (QED) is 0.764. The van der Waals surface area contributed by atoms with Crippen LogP contribution in [0.4, 0.5) is 5.69 Å². The van der Waals surface area contributed by atoms with E-state index in [4.69, 9.17) is 9.72 Å². The highest BCUT2D eigenvalue weighted by Crippen LogP contribution is 2.36. The smallest absolute Gasteiger partial charge is 0.231 e. The van der Waals surface area contributed by atoms with Crippen molar-refractivity contribution < 1.29 is 9.53 Å². The van der Waals surface area contributed by atoms with Crippen molar-refractivity contribution in [2.24, 2.45) is 0 Å². The van der Waals surface area contributed by atoms with Crippen molar-refractivity contribution in [3.63, 3.8) is 0 Å². The van der Waals surface area contributed by atoms with Crippen LogP contribution in [0.15, 0.2) is 47.8 Å². The van der Waals surface area contributed by atoms with Gasteiger partial charge in [-0.05, 0) is 48.9 Å². The standard InChI is InChI=1S/C19H16N2O2S/c1-11-15-9-13(5-8-16(15)20-18(11)22)17-10-24-19(21-17)12-3-6-14(23-2)7-4-12/h3-11H,1-2H3,(H,20,22)/t11-/m1/s1. The summed E-state index contributed by atoms with van der Waals surface area (Å²) in [6, 6.07) is 13.9. The van der Waals surface area contributed by atoms with Crippen molar-refractivity contribution >= 4 is 22.9 Å². The number of nitrogens with zero attached hydrogens (tertiary/aromatic N) is 1. The van der Waals surface area contributed by atoms with E-state index in [1.54, 1.807) is 18.4 Å². The molecular weight excluding hydrogens is 320 g/mol. The number of thiazole rings is 1. The molecule has 0 bridgehead atoms. The van der Waals surface area contributed by atoms with Gasteiger partial charge in [0.2, 0.25) is 5.91 Å². The lowest BCUT2D eigenvalue weighted by Crippen LogP contribution is -2.08. The molecule has 4 rings (SSSR count). The molecular formula is C19H16N2O2S. The first kappa shape index (κ1) is 14.9. The summed E-state index contributed by atoms with van der Waals surface area (Å²) in [5, 5.41) is 5.92. The van der Waals surface area contributed by atoms with Gasteiger partial charge >= 0.3 is 0 Å². The zero-order chi connectivity index (χ0) is 16.7. The van der Waals surface area contributed by atoms with E-state index in [0.717, 1.165) is 38.8 Å². The third-order valence-corrected chi connectivity index (χ3v) is 5.20. The number of amides is 1. The number of carbonyl (C=O) groups excluding carboxylic acids is 1. The van der Waals surface area contributed by atoms with Crippen molar-refractivity contribution in [3.05, 3.63) is 53.4 Å². The minimum absolute atomic E-state index is 0.0550. The van der Waals surface area contributed by atoms with Crippen molar-refractivity contribution in [3.8, 4) is 27.6 Å². The predicted octanol–water partition coefficient (Wildman–Crippen LogP) is 4.54. The third kappa shape index (κ3) is 2.47. The molecule has 0 saturated carbocycles. The molecule has 1 aliphatic heterocycles. The van der Waals surface area contributed by atoms with Gasteiger partial charge in [-0.15, -0.1) is 11.3 Å². The zero-order valence-electron chi connectivity index (χ0n) is 13.4. The normalized spacial score (nSPS) is 15.9. The first-order valence-corrected chi connectivity index (χ1v) is 8.59. The summed E-state index contributed by atoms with van der Waals surface area (Å²) in [6.07, 6.45) is 0. The maximum Gasteiger partial charge on any atom is 0.231 e.